The smallest absolute Gasteiger partial charge is 0.257 e. The second kappa shape index (κ2) is 7.87. The number of carbonyl (C=O) groups excluding carboxylic acids is 1. The van der Waals surface area contributed by atoms with Crippen LogP contribution in [0.25, 0.3) is 6.08 Å². The number of amides is 1. The Labute approximate surface area is 136 Å². The number of methoxy groups -OCH3 is 3. The van der Waals surface area contributed by atoms with Gasteiger partial charge in [0.1, 0.15) is 5.75 Å². The monoisotopic (exact) mass is 343 g/mol. The van der Waals surface area contributed by atoms with Gasteiger partial charge in [0.15, 0.2) is 11.5 Å². The molecule has 1 aromatic rings. The van der Waals surface area contributed by atoms with Crippen LogP contribution in [0.3, 0.4) is 0 Å². The number of rotatable bonds is 7. The normalized spacial score (nSPS) is 11.6. The van der Waals surface area contributed by atoms with E-state index in [9.17, 15) is 13.2 Å². The molecule has 0 radical (unpaired) electrons. The minimum atomic E-state index is -3.67. The van der Waals surface area contributed by atoms with Gasteiger partial charge in [-0.25, -0.2) is 13.1 Å². The Morgan fingerprint density at radius 3 is 2.04 bits per heavy atom. The summed E-state index contributed by atoms with van der Waals surface area (Å²) in [6, 6.07) is 3.24. The lowest BCUT2D eigenvalue weighted by Gasteiger charge is -2.12. The molecule has 1 aromatic carbocycles. The fourth-order valence-electron chi connectivity index (χ4n) is 1.64. The van der Waals surface area contributed by atoms with E-state index in [1.165, 1.54) is 41.3 Å². The molecule has 8 heteroatoms. The van der Waals surface area contributed by atoms with Gasteiger partial charge in [-0.05, 0) is 26.0 Å². The van der Waals surface area contributed by atoms with E-state index in [0.717, 1.165) is 6.08 Å². The van der Waals surface area contributed by atoms with Crippen LogP contribution in [0.15, 0.2) is 18.2 Å². The van der Waals surface area contributed by atoms with Crippen LogP contribution in [0, 0.1) is 0 Å². The Hall–Kier alpha value is -2.22. The number of nitrogens with one attached hydrogen (secondary N) is 1. The summed E-state index contributed by atoms with van der Waals surface area (Å²) in [6.45, 7) is 2.97. The number of hydrogen-bond donors (Lipinski definition) is 1. The first-order valence-corrected chi connectivity index (χ1v) is 8.33. The molecule has 0 fully saturated rings. The molecule has 1 amide bonds. The predicted octanol–water partition coefficient (Wildman–Crippen LogP) is 1.58. The molecule has 0 bridgehead atoms. The third-order valence-electron chi connectivity index (χ3n) is 3.01. The summed E-state index contributed by atoms with van der Waals surface area (Å²) >= 11 is 0. The molecule has 0 aromatic heterocycles. The largest absolute Gasteiger partial charge is 0.496 e. The zero-order valence-electron chi connectivity index (χ0n) is 13.7. The highest BCUT2D eigenvalue weighted by atomic mass is 32.2. The third-order valence-corrected chi connectivity index (χ3v) is 4.74. The average molecular weight is 343 g/mol. The molecule has 0 saturated carbocycles. The van der Waals surface area contributed by atoms with E-state index in [1.807, 2.05) is 4.72 Å². The Kier molecular flexibility index (Phi) is 6.44. The maximum absolute atomic E-state index is 11.7. The van der Waals surface area contributed by atoms with Crippen molar-refractivity contribution in [1.29, 1.82) is 0 Å². The Morgan fingerprint density at radius 2 is 1.57 bits per heavy atom. The molecule has 0 saturated heterocycles. The topological polar surface area (TPSA) is 90.9 Å². The van der Waals surface area contributed by atoms with Gasteiger partial charge in [0.2, 0.25) is 10.0 Å². The van der Waals surface area contributed by atoms with Crippen molar-refractivity contribution in [2.45, 2.75) is 19.1 Å². The van der Waals surface area contributed by atoms with Gasteiger partial charge in [0.05, 0.1) is 26.6 Å². The number of carbonyl (C=O) groups is 1. The van der Waals surface area contributed by atoms with Crippen molar-refractivity contribution in [2.75, 3.05) is 21.3 Å². The van der Waals surface area contributed by atoms with E-state index >= 15 is 0 Å². The van der Waals surface area contributed by atoms with Crippen LogP contribution in [0.5, 0.6) is 17.2 Å². The maximum atomic E-state index is 11.7. The summed E-state index contributed by atoms with van der Waals surface area (Å²) in [4.78, 5) is 11.7. The Balaban J connectivity index is 3.06. The summed E-state index contributed by atoms with van der Waals surface area (Å²) in [6.07, 6.45) is 2.55. The van der Waals surface area contributed by atoms with E-state index in [1.54, 1.807) is 12.1 Å². The molecule has 1 N–H and O–H groups in total. The summed E-state index contributed by atoms with van der Waals surface area (Å²) < 4.78 is 40.8. The Morgan fingerprint density at radius 1 is 1.04 bits per heavy atom. The van der Waals surface area contributed by atoms with Crippen LogP contribution in [0.1, 0.15) is 19.4 Å². The molecular weight excluding hydrogens is 322 g/mol. The Bertz CT molecular complexity index is 694. The van der Waals surface area contributed by atoms with Crippen LogP contribution in [0.4, 0.5) is 0 Å². The van der Waals surface area contributed by atoms with Crippen LogP contribution >= 0.6 is 0 Å². The second-order valence-corrected chi connectivity index (χ2v) is 7.08. The molecule has 1 rings (SSSR count). The van der Waals surface area contributed by atoms with Crippen molar-refractivity contribution < 1.29 is 27.4 Å². The average Bonchev–Trinajstić information content (AvgIpc) is 2.51. The highest BCUT2D eigenvalue weighted by Gasteiger charge is 2.17. The van der Waals surface area contributed by atoms with Crippen molar-refractivity contribution in [3.8, 4) is 17.2 Å². The first-order valence-electron chi connectivity index (χ1n) is 6.78. The summed E-state index contributed by atoms with van der Waals surface area (Å²) in [5, 5.41) is -0.699. The summed E-state index contributed by atoms with van der Waals surface area (Å²) in [7, 11) is 0.789. The molecule has 128 valence electrons. The molecule has 23 heavy (non-hydrogen) atoms. The number of benzene rings is 1. The van der Waals surface area contributed by atoms with Gasteiger partial charge in [0, 0.05) is 17.7 Å². The van der Waals surface area contributed by atoms with Gasteiger partial charge >= 0.3 is 0 Å². The van der Waals surface area contributed by atoms with E-state index in [4.69, 9.17) is 14.2 Å². The van der Waals surface area contributed by atoms with Crippen molar-refractivity contribution in [3.63, 3.8) is 0 Å². The molecular formula is C15H21NO6S. The minimum Gasteiger partial charge on any atom is -0.496 e. The van der Waals surface area contributed by atoms with Crippen molar-refractivity contribution in [2.24, 2.45) is 0 Å². The lowest BCUT2D eigenvalue weighted by atomic mass is 10.1. The van der Waals surface area contributed by atoms with Gasteiger partial charge < -0.3 is 14.2 Å². The molecule has 0 aliphatic heterocycles. The molecule has 0 spiro atoms. The van der Waals surface area contributed by atoms with Gasteiger partial charge in [-0.1, -0.05) is 0 Å². The molecule has 0 atom stereocenters. The van der Waals surface area contributed by atoms with Gasteiger partial charge in [-0.2, -0.15) is 0 Å². The van der Waals surface area contributed by atoms with Gasteiger partial charge in [-0.3, -0.25) is 4.79 Å². The van der Waals surface area contributed by atoms with Gasteiger partial charge in [-0.15, -0.1) is 0 Å². The second-order valence-electron chi connectivity index (χ2n) is 4.84. The zero-order chi connectivity index (χ0) is 17.6. The fourth-order valence-corrected chi connectivity index (χ4v) is 2.22. The van der Waals surface area contributed by atoms with E-state index in [0.29, 0.717) is 22.8 Å². The number of ether oxygens (including phenoxy) is 3. The van der Waals surface area contributed by atoms with E-state index in [-0.39, 0.29) is 0 Å². The molecule has 0 heterocycles. The lowest BCUT2D eigenvalue weighted by molar-refractivity contribution is -0.114. The van der Waals surface area contributed by atoms with Crippen molar-refractivity contribution in [1.82, 2.24) is 4.72 Å². The standard InChI is InChI=1S/C15H21NO6S/c1-10(2)23(18,19)16-15(17)7-6-11-8-13(21-4)14(22-5)9-12(11)20-3/h6-10H,1-5H3,(H,16,17)/b7-6-. The number of sulfonamides is 1. The predicted molar refractivity (Wildman–Crippen MR) is 87.3 cm³/mol. The van der Waals surface area contributed by atoms with E-state index < -0.39 is 21.2 Å². The molecule has 0 aliphatic rings. The highest BCUT2D eigenvalue weighted by Crippen LogP contribution is 2.35. The number of hydrogen-bond acceptors (Lipinski definition) is 6. The summed E-state index contributed by atoms with van der Waals surface area (Å²) in [5.74, 6) is 0.658. The van der Waals surface area contributed by atoms with Crippen LogP contribution < -0.4 is 18.9 Å². The molecule has 0 aliphatic carbocycles. The lowest BCUT2D eigenvalue weighted by Crippen LogP contribution is -2.34. The zero-order valence-corrected chi connectivity index (χ0v) is 14.6. The first kappa shape index (κ1) is 18.8. The quantitative estimate of drug-likeness (QED) is 0.756. The minimum absolute atomic E-state index is 0.457. The molecule has 7 nitrogen and oxygen atoms in total. The third kappa shape index (κ3) is 4.88. The van der Waals surface area contributed by atoms with Crippen LogP contribution in [-0.2, 0) is 14.8 Å². The highest BCUT2D eigenvalue weighted by molar-refractivity contribution is 7.90. The van der Waals surface area contributed by atoms with Crippen molar-refractivity contribution in [3.05, 3.63) is 23.8 Å². The molecule has 0 unspecified atom stereocenters. The van der Waals surface area contributed by atoms with Crippen molar-refractivity contribution >= 4 is 22.0 Å². The summed E-state index contributed by atoms with van der Waals surface area (Å²) in [5.41, 5.74) is 0.544. The van der Waals surface area contributed by atoms with Crippen LogP contribution in [-0.4, -0.2) is 40.9 Å². The maximum Gasteiger partial charge on any atom is 0.257 e. The fraction of sp³-hybridized carbons (Fsp3) is 0.400. The van der Waals surface area contributed by atoms with E-state index in [2.05, 4.69) is 0 Å². The SMILES string of the molecule is COc1cc(OC)c(OC)cc1/C=C\C(=O)NS(=O)(=O)C(C)C. The first-order chi connectivity index (χ1) is 10.7. The van der Waals surface area contributed by atoms with Crippen LogP contribution in [0.2, 0.25) is 0 Å². The van der Waals surface area contributed by atoms with Gasteiger partial charge in [0.25, 0.3) is 5.91 Å².